The number of nitrogens with zero attached hydrogens (tertiary/aromatic N) is 27. The Bertz CT molecular complexity index is 7280. The summed E-state index contributed by atoms with van der Waals surface area (Å²) in [5.74, 6) is 8.21. The van der Waals surface area contributed by atoms with Crippen LogP contribution in [-0.2, 0) is 106 Å². The van der Waals surface area contributed by atoms with Gasteiger partial charge in [-0.15, -0.1) is 4.98 Å². The number of aryl methyl sites for hydroxylation is 36. The summed E-state index contributed by atoms with van der Waals surface area (Å²) in [4.78, 5) is 44.8. The molecule has 788 valence electrons. The third-order valence-corrected chi connectivity index (χ3v) is 34.1. The monoisotopic (exact) mass is 2020 g/mol. The first kappa shape index (κ1) is 121. The van der Waals surface area contributed by atoms with E-state index in [1.165, 1.54) is 195 Å². The number of benzene rings is 3. The van der Waals surface area contributed by atoms with E-state index in [-0.39, 0.29) is 0 Å². The molecule has 0 aliphatic rings. The second kappa shape index (κ2) is 48.5. The van der Waals surface area contributed by atoms with Gasteiger partial charge in [0, 0.05) is 187 Å². The highest BCUT2D eigenvalue weighted by Crippen LogP contribution is 2.36. The summed E-state index contributed by atoms with van der Waals surface area (Å²) in [5, 5.41) is 15.4. The summed E-state index contributed by atoms with van der Waals surface area (Å²) in [6.45, 7) is 97.8. The largest absolute Gasteiger partial charge is 0.328 e. The lowest BCUT2D eigenvalue weighted by Crippen LogP contribution is -2.41. The molecule has 28 heteroatoms. The van der Waals surface area contributed by atoms with Crippen molar-refractivity contribution in [1.29, 1.82) is 0 Å². The molecule has 0 unspecified atom stereocenters. The molecule has 0 saturated carbocycles. The van der Waals surface area contributed by atoms with Gasteiger partial charge in [-0.25, -0.2) is 61.5 Å². The molecule has 14 aromatic heterocycles. The van der Waals surface area contributed by atoms with Crippen LogP contribution in [0.5, 0.6) is 0 Å². The molecule has 0 radical (unpaired) electrons. The highest BCUT2D eigenvalue weighted by molar-refractivity contribution is 7.00. The van der Waals surface area contributed by atoms with E-state index in [2.05, 4.69) is 362 Å². The summed E-state index contributed by atoms with van der Waals surface area (Å²) in [5.41, 5.74) is 56.6. The second-order valence-corrected chi connectivity index (χ2v) is 42.4. The minimum Gasteiger partial charge on any atom is -0.295 e. The van der Waals surface area contributed by atoms with Crippen LogP contribution in [0.4, 0.5) is 0 Å². The van der Waals surface area contributed by atoms with Crippen molar-refractivity contribution in [1.82, 2.24) is 73.9 Å². The van der Waals surface area contributed by atoms with E-state index < -0.39 is 0 Å². The molecule has 14 heterocycles. The lowest BCUT2D eigenvalue weighted by molar-refractivity contribution is -0.856. The van der Waals surface area contributed by atoms with Crippen molar-refractivity contribution in [2.45, 2.75) is 318 Å². The van der Waals surface area contributed by atoms with Gasteiger partial charge in [0.05, 0.1) is 65.8 Å². The van der Waals surface area contributed by atoms with Crippen molar-refractivity contribution < 1.29 is 54.5 Å². The minimum atomic E-state index is 0.830. The Labute approximate surface area is 884 Å². The molecule has 0 amide bonds. The van der Waals surface area contributed by atoms with Gasteiger partial charge in [0.1, 0.15) is 85.1 Å². The average Bonchev–Trinajstić information content (AvgIpc) is 1.59. The quantitative estimate of drug-likeness (QED) is 0.130. The third-order valence-electron chi connectivity index (χ3n) is 33.2. The second-order valence-electron chi connectivity index (χ2n) is 41.1. The molecule has 0 aliphatic carbocycles. The zero-order chi connectivity index (χ0) is 112. The molecule has 0 spiro atoms. The van der Waals surface area contributed by atoms with Crippen molar-refractivity contribution in [3.8, 4) is 0 Å². The minimum absolute atomic E-state index is 0.830. The first-order valence-electron chi connectivity index (χ1n) is 51.2. The van der Waals surface area contributed by atoms with Gasteiger partial charge in [-0.2, -0.15) is 9.13 Å². The maximum Gasteiger partial charge on any atom is 0.328 e. The van der Waals surface area contributed by atoms with E-state index in [1.807, 2.05) is 186 Å². The summed E-state index contributed by atoms with van der Waals surface area (Å²) in [6.07, 6.45) is 0. The average molecular weight is 2020 g/mol. The Kier molecular flexibility index (Phi) is 40.0. The van der Waals surface area contributed by atoms with Gasteiger partial charge >= 0.3 is 10.7 Å². The summed E-state index contributed by atoms with van der Waals surface area (Å²) in [7, 11) is 30.6. The highest BCUT2D eigenvalue weighted by atomic mass is 32.1. The van der Waals surface area contributed by atoms with Crippen LogP contribution in [0.2, 0.25) is 0 Å². The molecule has 17 rings (SSSR count). The van der Waals surface area contributed by atoms with E-state index in [0.717, 1.165) is 131 Å². The maximum absolute atomic E-state index is 4.78. The van der Waals surface area contributed by atoms with Crippen molar-refractivity contribution in [3.63, 3.8) is 0 Å². The van der Waals surface area contributed by atoms with Crippen LogP contribution in [0.1, 0.15) is 260 Å². The number of imidazole rings is 3. The van der Waals surface area contributed by atoms with Gasteiger partial charge in [-0.1, -0.05) is 19.6 Å². The van der Waals surface area contributed by atoms with Crippen molar-refractivity contribution in [2.75, 3.05) is 0 Å². The Hall–Kier alpha value is -12.7. The predicted octanol–water partition coefficient (Wildman–Crippen LogP) is 16.4. The van der Waals surface area contributed by atoms with Crippen LogP contribution in [0.15, 0.2) is 0 Å². The lowest BCUT2D eigenvalue weighted by Gasteiger charge is -2.17. The molecule has 0 aliphatic heterocycles. The number of hydrogen-bond acceptors (Lipinski definition) is 13. The van der Waals surface area contributed by atoms with Gasteiger partial charge in [0.25, 0.3) is 34.0 Å². The number of pyridine rings is 2. The molecule has 0 bridgehead atoms. The van der Waals surface area contributed by atoms with E-state index in [0.29, 0.717) is 0 Å². The van der Waals surface area contributed by atoms with Crippen LogP contribution in [0.3, 0.4) is 0 Å². The van der Waals surface area contributed by atoms with Gasteiger partial charge < -0.3 is 0 Å². The highest BCUT2D eigenvalue weighted by Gasteiger charge is 2.29. The fourth-order valence-corrected chi connectivity index (χ4v) is 19.7. The van der Waals surface area contributed by atoms with Gasteiger partial charge in [-0.3, -0.25) is 9.13 Å². The fraction of sp³-hybridized carbons (Fsp3) is 0.513. The Morgan fingerprint density at radius 1 is 0.218 bits per heavy atom. The maximum atomic E-state index is 4.78. The zero-order valence-corrected chi connectivity index (χ0v) is 103. The number of hydrogen-bond donors (Lipinski definition) is 0. The third kappa shape index (κ3) is 25.0. The first-order chi connectivity index (χ1) is 67.8. The Morgan fingerprint density at radius 3 is 1.01 bits per heavy atom. The number of fused-ring (bicyclic) bond motifs is 6. The first-order valence-corrected chi connectivity index (χ1v) is 52.0. The molecule has 0 fully saturated rings. The summed E-state index contributed by atoms with van der Waals surface area (Å²) in [6, 6.07) is 0. The molecular formula is C119H183N27S+12. The van der Waals surface area contributed by atoms with Crippen LogP contribution < -0.4 is 54.5 Å². The van der Waals surface area contributed by atoms with E-state index in [4.69, 9.17) is 4.98 Å². The van der Waals surface area contributed by atoms with Gasteiger partial charge in [0.2, 0.25) is 40.2 Å². The number of aromatic nitrogens is 27. The molecular weight excluding hydrogens is 1840 g/mol. The van der Waals surface area contributed by atoms with E-state index in [9.17, 15) is 0 Å². The van der Waals surface area contributed by atoms with E-state index >= 15 is 0 Å². The topological polar surface area (TPSA) is 216 Å². The van der Waals surface area contributed by atoms with Crippen molar-refractivity contribution in [2.24, 2.45) is 106 Å². The van der Waals surface area contributed by atoms with Crippen LogP contribution >= 0.6 is 11.5 Å². The fourth-order valence-electron chi connectivity index (χ4n) is 19.0. The SMILES string of the molecule is Cc1c(C)c(C)c2c(C)[n+](C)c(C)c(C)c2c1C.Cc1c(C)c(C)c2c(C)[n+](C)c(C)c(C)c2c1C.Cc1n[n+](C)c(C)c(C)c1C.Cc1nc(C)[n+](C)c(C)c1C.Cc1nc(C)[n+](C)c(C)c1C.Cc1nc(C)[n+](C)c2c1nc(C)n2C.Cc1nc(C)c(C)[n+](C)c1C.Cc1nc(C)c2c(n1)[n+](C)c(C)n2C.Cc1nc2c(C)[n+](C)c(C)nc2n1C.Cc1nc2c(C)c(C)c(C)c(C)c2[n+](C)c1C.Cc1s[n+](C)n[n+]1C. The van der Waals surface area contributed by atoms with Crippen molar-refractivity contribution in [3.05, 3.63) is 260 Å². The molecule has 3 aromatic carbocycles. The van der Waals surface area contributed by atoms with Gasteiger partial charge in [0.15, 0.2) is 94.8 Å². The zero-order valence-electron chi connectivity index (χ0n) is 102. The molecule has 17 aromatic rings. The molecule has 0 atom stereocenters. The predicted molar refractivity (Wildman–Crippen MR) is 596 cm³/mol. The van der Waals surface area contributed by atoms with Crippen LogP contribution in [-0.4, -0.2) is 73.9 Å². The van der Waals surface area contributed by atoms with Gasteiger partial charge in [-0.05, 0) is 268 Å². The standard InChI is InChI=1S/2C17H24N.C15H21N2.3C10H15N4.4C9H15N2.C4H9N3S/c2*1-9-10(2)12(4)17-15(7)18(8)14(6)13(5)16(17)11(9)3;1-8-9(2)11(4)15-14(10(8)3)16-12(5)13(6)17(15)7;1-6-9-10(12-8(3)13(6)4)14(5)7(2)11-9;1-6-9-10(13(4)7(2)11-6)14(5)8(3)12-9;1-6-9-10(12-7(2)11-6)14(5)8(3)13(9)4;1-6-8(3)11(5)9(4)7(2)10-6;2*1-6-7(2)10-9(4)11(5)8(6)3;1-6-7(2)9(4)11(5)10-8(6)3;1-4-6(2)5-7(3)8-4/h2*1-8H3;1-7H3;3*1-5H3;4*1-5H3;1-3H3/q10*+1;+2. The molecule has 27 nitrogen and oxygen atoms in total. The molecule has 0 N–H and O–H groups in total. The smallest absolute Gasteiger partial charge is 0.295 e. The van der Waals surface area contributed by atoms with Crippen molar-refractivity contribution >= 4 is 77.6 Å². The molecule has 0 saturated heterocycles. The normalized spacial score (nSPS) is 10.9. The van der Waals surface area contributed by atoms with Crippen LogP contribution in [0, 0.1) is 318 Å². The molecule has 147 heavy (non-hydrogen) atoms. The number of rotatable bonds is 0. The Balaban J connectivity index is 0.000000220. The van der Waals surface area contributed by atoms with E-state index in [1.54, 1.807) is 11.5 Å². The lowest BCUT2D eigenvalue weighted by atomic mass is 9.88. The Morgan fingerprint density at radius 2 is 0.585 bits per heavy atom. The summed E-state index contributed by atoms with van der Waals surface area (Å²) >= 11 is 1.64. The van der Waals surface area contributed by atoms with Crippen LogP contribution in [0.25, 0.3) is 66.1 Å². The summed E-state index contributed by atoms with van der Waals surface area (Å²) < 4.78 is 31.4.